The summed E-state index contributed by atoms with van der Waals surface area (Å²) in [5.74, 6) is 2.73. The lowest BCUT2D eigenvalue weighted by Gasteiger charge is -2.24. The molecule has 1 unspecified atom stereocenters. The minimum absolute atomic E-state index is 0.0973. The summed E-state index contributed by atoms with van der Waals surface area (Å²) >= 11 is 0. The lowest BCUT2D eigenvalue weighted by Crippen LogP contribution is -2.42. The van der Waals surface area contributed by atoms with Crippen LogP contribution in [-0.2, 0) is 4.79 Å². The lowest BCUT2D eigenvalue weighted by molar-refractivity contribution is -0.130. The van der Waals surface area contributed by atoms with Crippen LogP contribution in [0.5, 0.6) is 0 Å². The predicted molar refractivity (Wildman–Crippen MR) is 57.6 cm³/mol. The van der Waals surface area contributed by atoms with Gasteiger partial charge < -0.3 is 5.32 Å². The summed E-state index contributed by atoms with van der Waals surface area (Å²) < 4.78 is 0. The number of carbonyl (C=O) groups is 1. The fraction of sp³-hybridized carbons (Fsp3) is 0.750. The van der Waals surface area contributed by atoms with Gasteiger partial charge in [0.15, 0.2) is 0 Å². The molecule has 1 rings (SSSR count). The first-order valence-electron chi connectivity index (χ1n) is 5.39. The van der Waals surface area contributed by atoms with Crippen LogP contribution >= 0.6 is 0 Å². The number of hydrogen-bond acceptors (Lipinski definition) is 1. The molecule has 14 heavy (non-hydrogen) atoms. The number of nitrogens with one attached hydrogen (secondary N) is 1. The maximum Gasteiger partial charge on any atom is 0.226 e. The van der Waals surface area contributed by atoms with Gasteiger partial charge in [-0.25, -0.2) is 0 Å². The highest BCUT2D eigenvalue weighted by molar-refractivity contribution is 5.83. The summed E-state index contributed by atoms with van der Waals surface area (Å²) in [5, 5.41) is 2.92. The zero-order valence-corrected chi connectivity index (χ0v) is 9.10. The standard InChI is InChI=1S/C12H19NO/c1-4-10(5-2)13-11(14)12(3)8-6-7-9-12/h1,10H,5-9H2,2-3H3,(H,13,14). The van der Waals surface area contributed by atoms with E-state index < -0.39 is 0 Å². The molecule has 0 bridgehead atoms. The van der Waals surface area contributed by atoms with E-state index in [2.05, 4.69) is 11.2 Å². The average molecular weight is 193 g/mol. The van der Waals surface area contributed by atoms with E-state index >= 15 is 0 Å². The molecule has 1 saturated carbocycles. The van der Waals surface area contributed by atoms with E-state index in [0.29, 0.717) is 0 Å². The number of carbonyl (C=O) groups excluding carboxylic acids is 1. The molecule has 0 saturated heterocycles. The predicted octanol–water partition coefficient (Wildman–Crippen LogP) is 2.09. The zero-order chi connectivity index (χ0) is 10.6. The van der Waals surface area contributed by atoms with E-state index in [0.717, 1.165) is 32.1 Å². The van der Waals surface area contributed by atoms with Crippen molar-refractivity contribution in [3.8, 4) is 12.3 Å². The number of hydrogen-bond donors (Lipinski definition) is 1. The normalized spacial score (nSPS) is 21.2. The number of terminal acetylenes is 1. The lowest BCUT2D eigenvalue weighted by atomic mass is 9.87. The summed E-state index contributed by atoms with van der Waals surface area (Å²) in [6.45, 7) is 4.03. The highest BCUT2D eigenvalue weighted by Gasteiger charge is 2.36. The molecule has 0 heterocycles. The van der Waals surface area contributed by atoms with Crippen LogP contribution in [-0.4, -0.2) is 11.9 Å². The van der Waals surface area contributed by atoms with E-state index in [4.69, 9.17) is 6.42 Å². The van der Waals surface area contributed by atoms with Gasteiger partial charge in [0.2, 0.25) is 5.91 Å². The molecule has 0 radical (unpaired) electrons. The molecule has 0 spiro atoms. The molecule has 1 aliphatic carbocycles. The highest BCUT2D eigenvalue weighted by Crippen LogP contribution is 2.37. The van der Waals surface area contributed by atoms with E-state index in [1.54, 1.807) is 0 Å². The second-order valence-corrected chi connectivity index (χ2v) is 4.37. The maximum absolute atomic E-state index is 11.9. The van der Waals surface area contributed by atoms with Gasteiger partial charge in [0.05, 0.1) is 6.04 Å². The topological polar surface area (TPSA) is 29.1 Å². The summed E-state index contributed by atoms with van der Waals surface area (Å²) in [5.41, 5.74) is -0.162. The molecule has 0 aromatic rings. The van der Waals surface area contributed by atoms with Gasteiger partial charge >= 0.3 is 0 Å². The minimum Gasteiger partial charge on any atom is -0.342 e. The van der Waals surface area contributed by atoms with Crippen LogP contribution < -0.4 is 5.32 Å². The summed E-state index contributed by atoms with van der Waals surface area (Å²) in [6.07, 6.45) is 10.4. The first-order valence-corrected chi connectivity index (χ1v) is 5.39. The Morgan fingerprint density at radius 2 is 2.14 bits per heavy atom. The molecule has 1 fully saturated rings. The highest BCUT2D eigenvalue weighted by atomic mass is 16.2. The Bertz CT molecular complexity index is 246. The molecular formula is C12H19NO. The Balaban J connectivity index is 2.53. The van der Waals surface area contributed by atoms with Crippen molar-refractivity contribution in [2.75, 3.05) is 0 Å². The summed E-state index contributed by atoms with van der Waals surface area (Å²) in [6, 6.07) is -0.0973. The summed E-state index contributed by atoms with van der Waals surface area (Å²) in [4.78, 5) is 11.9. The fourth-order valence-electron chi connectivity index (χ4n) is 1.98. The van der Waals surface area contributed by atoms with Gasteiger partial charge in [-0.2, -0.15) is 0 Å². The van der Waals surface area contributed by atoms with Crippen LogP contribution in [0.2, 0.25) is 0 Å². The van der Waals surface area contributed by atoms with Crippen LogP contribution in [0.1, 0.15) is 46.0 Å². The minimum atomic E-state index is -0.162. The Morgan fingerprint density at radius 1 is 1.57 bits per heavy atom. The van der Waals surface area contributed by atoms with Crippen molar-refractivity contribution < 1.29 is 4.79 Å². The van der Waals surface area contributed by atoms with Crippen molar-refractivity contribution in [3.05, 3.63) is 0 Å². The summed E-state index contributed by atoms with van der Waals surface area (Å²) in [7, 11) is 0. The molecule has 1 N–H and O–H groups in total. The van der Waals surface area contributed by atoms with E-state index in [-0.39, 0.29) is 17.4 Å². The third-order valence-electron chi connectivity index (χ3n) is 3.17. The Labute approximate surface area is 86.5 Å². The SMILES string of the molecule is C#CC(CC)NC(=O)C1(C)CCCC1. The van der Waals surface area contributed by atoms with Gasteiger partial charge in [-0.1, -0.05) is 32.6 Å². The van der Waals surface area contributed by atoms with Crippen LogP contribution in [0.25, 0.3) is 0 Å². The van der Waals surface area contributed by atoms with Gasteiger partial charge in [0, 0.05) is 5.41 Å². The molecule has 78 valence electrons. The molecule has 0 aromatic heterocycles. The molecular weight excluding hydrogens is 174 g/mol. The van der Waals surface area contributed by atoms with Crippen molar-refractivity contribution in [1.29, 1.82) is 0 Å². The number of rotatable bonds is 3. The zero-order valence-electron chi connectivity index (χ0n) is 9.10. The van der Waals surface area contributed by atoms with E-state index in [1.165, 1.54) is 0 Å². The van der Waals surface area contributed by atoms with Crippen molar-refractivity contribution in [2.45, 2.75) is 52.0 Å². The van der Waals surface area contributed by atoms with Gasteiger partial charge in [0.1, 0.15) is 0 Å². The monoisotopic (exact) mass is 193 g/mol. The van der Waals surface area contributed by atoms with Gasteiger partial charge in [-0.05, 0) is 19.3 Å². The largest absolute Gasteiger partial charge is 0.342 e. The number of amides is 1. The third kappa shape index (κ3) is 2.29. The Morgan fingerprint density at radius 3 is 2.57 bits per heavy atom. The van der Waals surface area contributed by atoms with Crippen molar-refractivity contribution in [3.63, 3.8) is 0 Å². The van der Waals surface area contributed by atoms with Crippen molar-refractivity contribution in [2.24, 2.45) is 5.41 Å². The first-order chi connectivity index (χ1) is 6.62. The first kappa shape index (κ1) is 11.1. The maximum atomic E-state index is 11.9. The van der Waals surface area contributed by atoms with Crippen LogP contribution in [0, 0.1) is 17.8 Å². The van der Waals surface area contributed by atoms with Gasteiger partial charge in [-0.3, -0.25) is 4.79 Å². The average Bonchev–Trinajstić information content (AvgIpc) is 2.62. The third-order valence-corrected chi connectivity index (χ3v) is 3.17. The smallest absolute Gasteiger partial charge is 0.226 e. The van der Waals surface area contributed by atoms with E-state index in [9.17, 15) is 4.79 Å². The quantitative estimate of drug-likeness (QED) is 0.683. The van der Waals surface area contributed by atoms with Crippen LogP contribution in [0.4, 0.5) is 0 Å². The van der Waals surface area contributed by atoms with Crippen molar-refractivity contribution in [1.82, 2.24) is 5.32 Å². The molecule has 0 aliphatic heterocycles. The molecule has 1 atom stereocenters. The molecule has 2 nitrogen and oxygen atoms in total. The Kier molecular flexibility index (Phi) is 3.57. The fourth-order valence-corrected chi connectivity index (χ4v) is 1.98. The molecule has 0 aromatic carbocycles. The second kappa shape index (κ2) is 4.50. The van der Waals surface area contributed by atoms with Crippen LogP contribution in [0.3, 0.4) is 0 Å². The molecule has 2 heteroatoms. The molecule has 1 aliphatic rings. The van der Waals surface area contributed by atoms with E-state index in [1.807, 2.05) is 13.8 Å². The molecule has 1 amide bonds. The van der Waals surface area contributed by atoms with Crippen LogP contribution in [0.15, 0.2) is 0 Å². The van der Waals surface area contributed by atoms with Gasteiger partial charge in [0.25, 0.3) is 0 Å². The second-order valence-electron chi connectivity index (χ2n) is 4.37. The Hall–Kier alpha value is -0.970. The van der Waals surface area contributed by atoms with Crippen molar-refractivity contribution >= 4 is 5.91 Å². The van der Waals surface area contributed by atoms with Gasteiger partial charge in [-0.15, -0.1) is 6.42 Å².